The largest absolute Gasteiger partial charge is 0.456 e. The number of hydrogen-bond donors (Lipinski definition) is 7. The molecule has 13 heteroatoms. The van der Waals surface area contributed by atoms with Gasteiger partial charge in [-0.05, 0) is 83.5 Å². The Balaban J connectivity index is 1.34. The lowest BCUT2D eigenvalue weighted by Crippen LogP contribution is -2.77. The Labute approximate surface area is 294 Å². The monoisotopic (exact) mass is 709 g/mol. The molecule has 7 rings (SSSR count). The van der Waals surface area contributed by atoms with E-state index in [1.54, 1.807) is 13.8 Å². The van der Waals surface area contributed by atoms with Crippen LogP contribution in [0.1, 0.15) is 93.4 Å². The highest BCUT2D eigenvalue weighted by Crippen LogP contribution is 2.77. The second kappa shape index (κ2) is 11.5. The Morgan fingerprint density at radius 3 is 2.38 bits per heavy atom. The molecule has 13 nitrogen and oxygen atoms in total. The van der Waals surface area contributed by atoms with Crippen LogP contribution in [0.4, 0.5) is 0 Å². The van der Waals surface area contributed by atoms with Gasteiger partial charge in [0.1, 0.15) is 5.60 Å². The minimum absolute atomic E-state index is 0.0328. The van der Waals surface area contributed by atoms with Crippen LogP contribution in [0.5, 0.6) is 0 Å². The second-order valence-corrected chi connectivity index (χ2v) is 18.2. The summed E-state index contributed by atoms with van der Waals surface area (Å²) in [7, 11) is 0. The lowest BCUT2D eigenvalue weighted by molar-refractivity contribution is -0.300. The zero-order valence-electron chi connectivity index (χ0n) is 30.5. The van der Waals surface area contributed by atoms with E-state index in [0.29, 0.717) is 25.3 Å². The quantitative estimate of drug-likeness (QED) is 0.188. The third-order valence-electron chi connectivity index (χ3n) is 15.5. The fourth-order valence-corrected chi connectivity index (χ4v) is 12.5. The summed E-state index contributed by atoms with van der Waals surface area (Å²) in [6.45, 7) is 13.1. The van der Waals surface area contributed by atoms with Crippen LogP contribution in [-0.4, -0.2) is 130 Å². The molecular weight excluding hydrogens is 650 g/mol. The molecule has 0 aromatic carbocycles. The number of aliphatic hydroxyl groups is 7. The predicted octanol–water partition coefficient (Wildman–Crippen LogP) is 0.466. The molecule has 3 unspecified atom stereocenters. The van der Waals surface area contributed by atoms with E-state index in [1.807, 2.05) is 13.8 Å². The van der Waals surface area contributed by atoms with Crippen molar-refractivity contribution >= 4 is 11.9 Å². The number of ether oxygens (including phenoxy) is 3. The number of carbonyl (C=O) groups excluding carboxylic acids is 2. The molecule has 1 spiro atoms. The number of aliphatic hydroxyl groups excluding tert-OH is 3. The summed E-state index contributed by atoms with van der Waals surface area (Å²) < 4.78 is 18.7. The average Bonchev–Trinajstić information content (AvgIpc) is 3.31. The molecular formula is C37H59NO12. The van der Waals surface area contributed by atoms with Crippen molar-refractivity contribution in [2.45, 2.75) is 158 Å². The minimum atomic E-state index is -2.25. The Kier molecular flexibility index (Phi) is 8.52. The minimum Gasteiger partial charge on any atom is -0.456 e. The van der Waals surface area contributed by atoms with Crippen LogP contribution in [0.3, 0.4) is 0 Å². The SMILES string of the molecule is CC[C@@H](C)C(=O)O[C@H]1[C@H](O)[C@H]2[C@@H](CN3C[C@@H](C)CC[C@H]3[C@@]2(C)O)[C@@H]2C[C@]34OC5(O)C(OC(=O)[C@@](C)(O)[C@@H](C)O)CC[C@@]3(C)C5C[C@@H](O)[C@H]4[C@@]21O. The maximum absolute atomic E-state index is 13.5. The summed E-state index contributed by atoms with van der Waals surface area (Å²) in [5.41, 5.74) is -7.89. The molecule has 3 aliphatic heterocycles. The molecule has 7 fully saturated rings. The first-order chi connectivity index (χ1) is 23.1. The molecule has 0 amide bonds. The second-order valence-electron chi connectivity index (χ2n) is 18.2. The smallest absolute Gasteiger partial charge is 0.341 e. The van der Waals surface area contributed by atoms with Crippen LogP contribution in [0, 0.1) is 46.8 Å². The Morgan fingerprint density at radius 1 is 1.06 bits per heavy atom. The molecule has 284 valence electrons. The molecule has 3 heterocycles. The Morgan fingerprint density at radius 2 is 1.74 bits per heavy atom. The normalized spacial score (nSPS) is 54.6. The van der Waals surface area contributed by atoms with Gasteiger partial charge in [-0.25, -0.2) is 4.79 Å². The third kappa shape index (κ3) is 4.57. The van der Waals surface area contributed by atoms with Gasteiger partial charge in [-0.3, -0.25) is 9.69 Å². The van der Waals surface area contributed by atoms with Crippen molar-refractivity contribution in [1.29, 1.82) is 0 Å². The summed E-state index contributed by atoms with van der Waals surface area (Å²) in [6, 6.07) is -0.238. The molecule has 50 heavy (non-hydrogen) atoms. The molecule has 19 atom stereocenters. The number of piperidine rings is 2. The van der Waals surface area contributed by atoms with E-state index in [9.17, 15) is 45.3 Å². The van der Waals surface area contributed by atoms with Crippen molar-refractivity contribution in [3.63, 3.8) is 0 Å². The highest BCUT2D eigenvalue weighted by Gasteiger charge is 2.87. The Hall–Kier alpha value is -1.42. The fraction of sp³-hybridized carbons (Fsp3) is 0.946. The maximum atomic E-state index is 13.5. The molecule has 7 N–H and O–H groups in total. The summed E-state index contributed by atoms with van der Waals surface area (Å²) >= 11 is 0. The van der Waals surface area contributed by atoms with Crippen molar-refractivity contribution in [3.8, 4) is 0 Å². The molecule has 3 saturated heterocycles. The first-order valence-electron chi connectivity index (χ1n) is 18.9. The van der Waals surface area contributed by atoms with Gasteiger partial charge in [0.05, 0.1) is 35.4 Å². The number of hydrogen-bond acceptors (Lipinski definition) is 13. The van der Waals surface area contributed by atoms with E-state index < -0.39 is 112 Å². The van der Waals surface area contributed by atoms with E-state index in [2.05, 4.69) is 11.8 Å². The molecule has 0 aromatic heterocycles. The van der Waals surface area contributed by atoms with Gasteiger partial charge in [0.2, 0.25) is 5.79 Å². The van der Waals surface area contributed by atoms with Crippen molar-refractivity contribution in [3.05, 3.63) is 0 Å². The first kappa shape index (κ1) is 36.9. The zero-order valence-corrected chi connectivity index (χ0v) is 30.5. The molecule has 7 aliphatic rings. The first-order valence-corrected chi connectivity index (χ1v) is 18.9. The van der Waals surface area contributed by atoms with Gasteiger partial charge in [-0.2, -0.15) is 0 Å². The summed E-state index contributed by atoms with van der Waals surface area (Å²) in [5, 5.41) is 83.5. The van der Waals surface area contributed by atoms with Gasteiger partial charge in [0, 0.05) is 42.3 Å². The predicted molar refractivity (Wildman–Crippen MR) is 176 cm³/mol. The van der Waals surface area contributed by atoms with Gasteiger partial charge in [-0.15, -0.1) is 0 Å². The standard InChI is InChI=1S/C37H59NO12/c1-8-18(3)30(42)49-29-27(41)26-20(16-38-15-17(2)9-10-24(38)34(26,7)45)21-14-35-28(36(21,29)46)22(40)13-23-32(35,5)12-11-25(37(23,47)50-35)48-31(43)33(6,44)19(4)39/h17-29,39-41,44-47H,8-16H2,1-7H3/t17-,18+,19+,20-,21-,22+,23?,24-,25?,26+,27+,28+,29-,32-,33-,34+,35+,36-,37?/m0/s1. The van der Waals surface area contributed by atoms with E-state index in [4.69, 9.17) is 14.2 Å². The third-order valence-corrected chi connectivity index (χ3v) is 15.5. The van der Waals surface area contributed by atoms with Crippen LogP contribution < -0.4 is 0 Å². The maximum Gasteiger partial charge on any atom is 0.341 e. The van der Waals surface area contributed by atoms with Gasteiger partial charge in [0.15, 0.2) is 17.8 Å². The van der Waals surface area contributed by atoms with Gasteiger partial charge in [0.25, 0.3) is 0 Å². The van der Waals surface area contributed by atoms with Crippen LogP contribution in [-0.2, 0) is 23.8 Å². The highest BCUT2D eigenvalue weighted by atomic mass is 16.7. The molecule has 4 bridgehead atoms. The number of carbonyl (C=O) groups is 2. The fourth-order valence-electron chi connectivity index (χ4n) is 12.5. The van der Waals surface area contributed by atoms with E-state index in [1.165, 1.54) is 6.92 Å². The van der Waals surface area contributed by atoms with E-state index >= 15 is 0 Å². The average molecular weight is 710 g/mol. The van der Waals surface area contributed by atoms with Crippen LogP contribution >= 0.6 is 0 Å². The zero-order chi connectivity index (χ0) is 36.7. The lowest BCUT2D eigenvalue weighted by atomic mass is 9.49. The van der Waals surface area contributed by atoms with Crippen LogP contribution in [0.25, 0.3) is 0 Å². The van der Waals surface area contributed by atoms with Crippen molar-refractivity contribution in [1.82, 2.24) is 4.90 Å². The number of esters is 2. The van der Waals surface area contributed by atoms with Gasteiger partial charge in [-0.1, -0.05) is 27.7 Å². The molecule has 0 aromatic rings. The number of nitrogens with zero attached hydrogens (tertiary/aromatic N) is 1. The van der Waals surface area contributed by atoms with E-state index in [-0.39, 0.29) is 25.3 Å². The summed E-state index contributed by atoms with van der Waals surface area (Å²) in [5.74, 6) is -7.78. The number of fused-ring (bicyclic) bond motifs is 5. The molecule has 0 radical (unpaired) electrons. The highest BCUT2D eigenvalue weighted by molar-refractivity contribution is 5.79. The molecule has 4 aliphatic carbocycles. The number of rotatable bonds is 6. The molecule has 4 saturated carbocycles. The van der Waals surface area contributed by atoms with Crippen LogP contribution in [0.2, 0.25) is 0 Å². The summed E-state index contributed by atoms with van der Waals surface area (Å²) in [4.78, 5) is 28.9. The van der Waals surface area contributed by atoms with Gasteiger partial charge < -0.3 is 50.0 Å². The lowest BCUT2D eigenvalue weighted by Gasteiger charge is -2.64. The van der Waals surface area contributed by atoms with Crippen LogP contribution in [0.15, 0.2) is 0 Å². The van der Waals surface area contributed by atoms with Crippen molar-refractivity contribution in [2.75, 3.05) is 13.1 Å². The van der Waals surface area contributed by atoms with Crippen molar-refractivity contribution < 1.29 is 59.5 Å². The van der Waals surface area contributed by atoms with E-state index in [0.717, 1.165) is 26.3 Å². The Bertz CT molecular complexity index is 1390. The van der Waals surface area contributed by atoms with Crippen molar-refractivity contribution in [2.24, 2.45) is 46.8 Å². The summed E-state index contributed by atoms with van der Waals surface area (Å²) in [6.07, 6.45) is -4.15. The van der Waals surface area contributed by atoms with Gasteiger partial charge >= 0.3 is 11.9 Å². The topological polar surface area (TPSA) is 207 Å².